The molecule has 2 aromatic carbocycles. The van der Waals surface area contributed by atoms with E-state index >= 15 is 0 Å². The largest absolute Gasteiger partial charge is 0.488 e. The summed E-state index contributed by atoms with van der Waals surface area (Å²) in [6, 6.07) is 14.3. The fourth-order valence-electron chi connectivity index (χ4n) is 7.32. The molecule has 9 nitrogen and oxygen atoms in total. The van der Waals surface area contributed by atoms with Gasteiger partial charge in [0.05, 0.1) is 32.0 Å². The highest BCUT2D eigenvalue weighted by Gasteiger charge is 2.52. The Morgan fingerprint density at radius 3 is 2.18 bits per heavy atom. The molecule has 0 aromatic heterocycles. The van der Waals surface area contributed by atoms with Gasteiger partial charge in [-0.05, 0) is 102 Å². The van der Waals surface area contributed by atoms with Crippen LogP contribution in [-0.4, -0.2) is 86.3 Å². The fraction of sp³-hybridized carbons (Fsp3) is 0.600. The summed E-state index contributed by atoms with van der Waals surface area (Å²) >= 11 is 0. The van der Waals surface area contributed by atoms with Crippen molar-refractivity contribution >= 4 is 17.5 Å². The molecule has 2 aromatic rings. The predicted molar refractivity (Wildman–Crippen MR) is 188 cm³/mol. The lowest BCUT2D eigenvalue weighted by Crippen LogP contribution is -2.43. The molecule has 0 atom stereocenters. The van der Waals surface area contributed by atoms with Gasteiger partial charge >= 0.3 is 11.9 Å². The zero-order valence-electron chi connectivity index (χ0n) is 30.3. The van der Waals surface area contributed by atoms with E-state index in [1.807, 2.05) is 51.1 Å². The van der Waals surface area contributed by atoms with Crippen molar-refractivity contribution in [3.05, 3.63) is 76.0 Å². The molecule has 3 aliphatic rings. The minimum atomic E-state index is -0.769. The monoisotopic (exact) mass is 677 g/mol. The van der Waals surface area contributed by atoms with Crippen LogP contribution < -0.4 is 0 Å². The Balaban J connectivity index is 1.09. The number of hydrogen-bond donors (Lipinski definition) is 0. The van der Waals surface area contributed by atoms with Crippen molar-refractivity contribution in [1.82, 2.24) is 4.90 Å². The Kier molecular flexibility index (Phi) is 12.6. The van der Waals surface area contributed by atoms with Crippen LogP contribution in [0.1, 0.15) is 87.1 Å². The van der Waals surface area contributed by atoms with Crippen molar-refractivity contribution in [1.29, 1.82) is 0 Å². The van der Waals surface area contributed by atoms with Crippen molar-refractivity contribution in [2.24, 2.45) is 0 Å². The number of aryl methyl sites for hydroxylation is 3. The van der Waals surface area contributed by atoms with Gasteiger partial charge in [0, 0.05) is 19.6 Å². The number of carbonyl (C=O) groups excluding carboxylic acids is 2. The third kappa shape index (κ3) is 10.2. The van der Waals surface area contributed by atoms with Gasteiger partial charge in [-0.3, -0.25) is 0 Å². The molecule has 2 aliphatic heterocycles. The molecule has 0 unspecified atom stereocenters. The van der Waals surface area contributed by atoms with Crippen molar-refractivity contribution in [3.63, 3.8) is 0 Å². The van der Waals surface area contributed by atoms with E-state index in [0.717, 1.165) is 67.6 Å². The second kappa shape index (κ2) is 16.6. The number of nitrogens with zero attached hydrogens (tertiary/aromatic N) is 1. The average Bonchev–Trinajstić information content (AvgIpc) is 3.30. The van der Waals surface area contributed by atoms with E-state index in [1.54, 1.807) is 0 Å². The smallest absolute Gasteiger partial charge is 0.343 e. The number of ether oxygens (including phenoxy) is 6. The topological polar surface area (TPSA) is 92.8 Å². The lowest BCUT2D eigenvalue weighted by molar-refractivity contribution is -0.160. The molecule has 49 heavy (non-hydrogen) atoms. The summed E-state index contributed by atoms with van der Waals surface area (Å²) in [5, 5.41) is 0. The molecule has 0 N–H and O–H groups in total. The van der Waals surface area contributed by atoms with Crippen LogP contribution in [0.2, 0.25) is 0 Å². The van der Waals surface area contributed by atoms with Gasteiger partial charge < -0.3 is 33.3 Å². The van der Waals surface area contributed by atoms with Crippen molar-refractivity contribution in [3.8, 4) is 0 Å². The van der Waals surface area contributed by atoms with Gasteiger partial charge in [0.25, 0.3) is 0 Å². The van der Waals surface area contributed by atoms with E-state index in [-0.39, 0.29) is 30.8 Å². The summed E-state index contributed by atoms with van der Waals surface area (Å²) in [6.07, 6.45) is 5.31. The van der Waals surface area contributed by atoms with E-state index in [4.69, 9.17) is 28.4 Å². The van der Waals surface area contributed by atoms with Crippen LogP contribution in [0.15, 0.2) is 48.2 Å². The molecule has 0 amide bonds. The van der Waals surface area contributed by atoms with Crippen LogP contribution in [0, 0.1) is 20.8 Å². The standard InChI is InChI=1S/C40H55NO8/c1-28-24-29(2)35(30(3)25-28)36-37(46-26-31-10-8-7-9-11-31)40(49-38(36)43)16-12-32(13-17-40)47-33-14-18-41(19-15-33)20-21-44-22-23-45-27-34(42)48-39(4,5)6/h7-11,24-25,32-33H,12-23,26-27H2,1-6H3/t32-,40+. The third-order valence-corrected chi connectivity index (χ3v) is 9.51. The van der Waals surface area contributed by atoms with Crippen LogP contribution in [0.4, 0.5) is 0 Å². The van der Waals surface area contributed by atoms with Crippen molar-refractivity contribution < 1.29 is 38.0 Å². The molecule has 1 saturated heterocycles. The first kappa shape index (κ1) is 37.0. The number of hydrogen-bond acceptors (Lipinski definition) is 9. The Hall–Kier alpha value is -3.24. The molecule has 1 saturated carbocycles. The first-order chi connectivity index (χ1) is 23.4. The molecule has 0 radical (unpaired) electrons. The van der Waals surface area contributed by atoms with Crippen LogP contribution >= 0.6 is 0 Å². The summed E-state index contributed by atoms with van der Waals surface area (Å²) in [5.41, 5.74) is 4.57. The Bertz CT molecular complexity index is 1420. The highest BCUT2D eigenvalue weighted by molar-refractivity contribution is 6.20. The summed E-state index contributed by atoms with van der Waals surface area (Å²) < 4.78 is 35.9. The maximum atomic E-state index is 13.7. The van der Waals surface area contributed by atoms with Crippen LogP contribution in [0.5, 0.6) is 0 Å². The lowest BCUT2D eigenvalue weighted by Gasteiger charge is -2.39. The molecule has 1 aliphatic carbocycles. The third-order valence-electron chi connectivity index (χ3n) is 9.51. The average molecular weight is 678 g/mol. The molecule has 2 heterocycles. The number of piperidine rings is 1. The predicted octanol–water partition coefficient (Wildman–Crippen LogP) is 6.63. The van der Waals surface area contributed by atoms with Crippen molar-refractivity contribution in [2.45, 2.75) is 110 Å². The normalized spacial score (nSPS) is 22.1. The van der Waals surface area contributed by atoms with Crippen molar-refractivity contribution in [2.75, 3.05) is 46.1 Å². The number of rotatable bonds is 14. The maximum Gasteiger partial charge on any atom is 0.343 e. The molecule has 268 valence electrons. The number of benzene rings is 2. The minimum absolute atomic E-state index is 0.0605. The Labute approximate surface area is 292 Å². The van der Waals surface area contributed by atoms with E-state index in [0.29, 0.717) is 50.6 Å². The zero-order valence-corrected chi connectivity index (χ0v) is 30.3. The van der Waals surface area contributed by atoms with Gasteiger partial charge in [-0.15, -0.1) is 0 Å². The van der Waals surface area contributed by atoms with Crippen LogP contribution in [0.3, 0.4) is 0 Å². The zero-order chi connectivity index (χ0) is 35.0. The molecular formula is C40H55NO8. The summed E-state index contributed by atoms with van der Waals surface area (Å²) in [5.74, 6) is 0.0290. The van der Waals surface area contributed by atoms with Gasteiger partial charge in [0.15, 0.2) is 11.4 Å². The van der Waals surface area contributed by atoms with E-state index in [9.17, 15) is 9.59 Å². The number of likely N-dealkylation sites (tertiary alicyclic amines) is 1. The first-order valence-corrected chi connectivity index (χ1v) is 17.9. The molecule has 0 bridgehead atoms. The summed E-state index contributed by atoms with van der Waals surface area (Å²) in [6.45, 7) is 16.3. The Morgan fingerprint density at radius 1 is 0.898 bits per heavy atom. The number of carbonyl (C=O) groups is 2. The molecular weight excluding hydrogens is 622 g/mol. The molecule has 5 rings (SSSR count). The molecule has 2 fully saturated rings. The van der Waals surface area contributed by atoms with Gasteiger partial charge in [-0.1, -0.05) is 48.0 Å². The van der Waals surface area contributed by atoms with Crippen LogP contribution in [0.25, 0.3) is 5.57 Å². The molecule has 1 spiro atoms. The van der Waals surface area contributed by atoms with Crippen LogP contribution in [-0.2, 0) is 44.6 Å². The van der Waals surface area contributed by atoms with E-state index < -0.39 is 11.2 Å². The SMILES string of the molecule is Cc1cc(C)c(C2=C(OCc3ccccc3)[C@]3(CC[C@H](OC4CCN(CCOCCOCC(=O)OC(C)(C)C)CC4)CC3)OC2=O)c(C)c1. The maximum absolute atomic E-state index is 13.7. The van der Waals surface area contributed by atoms with Gasteiger partial charge in [0.1, 0.15) is 24.4 Å². The molecule has 9 heteroatoms. The minimum Gasteiger partial charge on any atom is -0.488 e. The summed E-state index contributed by atoms with van der Waals surface area (Å²) in [4.78, 5) is 27.8. The quantitative estimate of drug-likeness (QED) is 0.161. The highest BCUT2D eigenvalue weighted by Crippen LogP contribution is 2.49. The second-order valence-corrected chi connectivity index (χ2v) is 14.8. The first-order valence-electron chi connectivity index (χ1n) is 17.9. The Morgan fingerprint density at radius 2 is 1.53 bits per heavy atom. The highest BCUT2D eigenvalue weighted by atomic mass is 16.6. The second-order valence-electron chi connectivity index (χ2n) is 14.8. The summed E-state index contributed by atoms with van der Waals surface area (Å²) in [7, 11) is 0. The lowest BCUT2D eigenvalue weighted by atomic mass is 9.80. The van der Waals surface area contributed by atoms with Gasteiger partial charge in [0.2, 0.25) is 0 Å². The number of esters is 2. The van der Waals surface area contributed by atoms with Gasteiger partial charge in [-0.25, -0.2) is 9.59 Å². The van der Waals surface area contributed by atoms with Gasteiger partial charge in [-0.2, -0.15) is 0 Å². The van der Waals surface area contributed by atoms with E-state index in [1.165, 1.54) is 5.56 Å². The van der Waals surface area contributed by atoms with E-state index in [2.05, 4.69) is 37.8 Å². The fourth-order valence-corrected chi connectivity index (χ4v) is 7.32.